The summed E-state index contributed by atoms with van der Waals surface area (Å²) in [6.45, 7) is 0. The topological polar surface area (TPSA) is 68.0 Å². The average Bonchev–Trinajstić information content (AvgIpc) is 2.76. The van der Waals surface area contributed by atoms with Crippen molar-refractivity contribution in [2.45, 2.75) is 0 Å². The lowest BCUT2D eigenvalue weighted by atomic mass is 10.2. The number of hydrogen-bond donors (Lipinski definition) is 2. The lowest BCUT2D eigenvalue weighted by molar-refractivity contribution is 0.103. The normalized spacial score (nSPS) is 10.8. The third-order valence-corrected chi connectivity index (χ3v) is 4.45. The van der Waals surface area contributed by atoms with Gasteiger partial charge in [-0.25, -0.2) is 0 Å². The number of halogens is 2. The molecule has 0 saturated heterocycles. The molecule has 7 heteroatoms. The summed E-state index contributed by atoms with van der Waals surface area (Å²) in [6, 6.07) is 6.62. The van der Waals surface area contributed by atoms with E-state index in [2.05, 4.69) is 10.3 Å². The first-order valence-corrected chi connectivity index (χ1v) is 7.51. The predicted molar refractivity (Wildman–Crippen MR) is 88.4 cm³/mol. The summed E-state index contributed by atoms with van der Waals surface area (Å²) in [5, 5.41) is 4.47. The van der Waals surface area contributed by atoms with Gasteiger partial charge in [-0.15, -0.1) is 11.3 Å². The van der Waals surface area contributed by atoms with Crippen LogP contribution >= 0.6 is 34.5 Å². The number of rotatable bonds is 2. The number of pyridine rings is 1. The second kappa shape index (κ2) is 5.52. The number of hydrogen-bond acceptors (Lipinski definition) is 4. The van der Waals surface area contributed by atoms with Crippen molar-refractivity contribution in [2.24, 2.45) is 0 Å². The Balaban J connectivity index is 1.95. The van der Waals surface area contributed by atoms with E-state index in [0.29, 0.717) is 26.3 Å². The molecule has 3 aromatic rings. The van der Waals surface area contributed by atoms with Crippen molar-refractivity contribution in [2.75, 3.05) is 11.1 Å². The van der Waals surface area contributed by atoms with Crippen molar-refractivity contribution in [3.8, 4) is 0 Å². The van der Waals surface area contributed by atoms with Crippen molar-refractivity contribution in [3.05, 3.63) is 51.6 Å². The van der Waals surface area contributed by atoms with Crippen LogP contribution in [0.4, 0.5) is 11.4 Å². The highest BCUT2D eigenvalue weighted by Gasteiger charge is 2.16. The lowest BCUT2D eigenvalue weighted by Gasteiger charge is -2.05. The Labute approximate surface area is 134 Å². The van der Waals surface area contributed by atoms with Gasteiger partial charge in [0.25, 0.3) is 5.91 Å². The maximum atomic E-state index is 12.3. The Morgan fingerprint density at radius 3 is 2.62 bits per heavy atom. The number of carbonyl (C=O) groups is 1. The molecule has 1 amide bonds. The third kappa shape index (κ3) is 2.81. The second-order valence-corrected chi connectivity index (χ2v) is 6.25. The maximum absolute atomic E-state index is 12.3. The van der Waals surface area contributed by atoms with Crippen LogP contribution in [0.3, 0.4) is 0 Å². The summed E-state index contributed by atoms with van der Waals surface area (Å²) >= 11 is 13.1. The fourth-order valence-corrected chi connectivity index (χ4v) is 3.46. The Hall–Kier alpha value is -1.82. The highest BCUT2D eigenvalue weighted by atomic mass is 35.5. The highest BCUT2D eigenvalue weighted by Crippen LogP contribution is 2.33. The Bertz CT molecular complexity index is 827. The van der Waals surface area contributed by atoms with E-state index < -0.39 is 0 Å². The average molecular weight is 338 g/mol. The summed E-state index contributed by atoms with van der Waals surface area (Å²) in [4.78, 5) is 16.8. The van der Waals surface area contributed by atoms with Crippen LogP contribution in [0.1, 0.15) is 9.67 Å². The van der Waals surface area contributed by atoms with Gasteiger partial charge in [0, 0.05) is 33.5 Å². The summed E-state index contributed by atoms with van der Waals surface area (Å²) in [7, 11) is 0. The van der Waals surface area contributed by atoms with E-state index in [1.807, 2.05) is 0 Å². The number of benzene rings is 1. The molecule has 106 valence electrons. The number of nitrogens with zero attached hydrogens (tertiary/aromatic N) is 1. The van der Waals surface area contributed by atoms with E-state index >= 15 is 0 Å². The number of nitrogen functional groups attached to an aromatic ring is 1. The minimum Gasteiger partial charge on any atom is -0.397 e. The third-order valence-electron chi connectivity index (χ3n) is 2.86. The number of nitrogens with two attached hydrogens (primary N) is 1. The van der Waals surface area contributed by atoms with Crippen LogP contribution in [-0.4, -0.2) is 10.9 Å². The number of anilines is 2. The van der Waals surface area contributed by atoms with Crippen LogP contribution in [0, 0.1) is 0 Å². The smallest absolute Gasteiger partial charge is 0.267 e. The van der Waals surface area contributed by atoms with Crippen LogP contribution in [0.5, 0.6) is 0 Å². The molecule has 0 fully saturated rings. The van der Waals surface area contributed by atoms with Gasteiger partial charge < -0.3 is 11.1 Å². The molecular weight excluding hydrogens is 329 g/mol. The summed E-state index contributed by atoms with van der Waals surface area (Å²) < 4.78 is 0.865. The summed E-state index contributed by atoms with van der Waals surface area (Å²) in [6.07, 6.45) is 3.33. The first kappa shape index (κ1) is 14.1. The molecule has 2 heterocycles. The van der Waals surface area contributed by atoms with Crippen molar-refractivity contribution in [3.63, 3.8) is 0 Å². The fourth-order valence-electron chi connectivity index (χ4n) is 1.95. The van der Waals surface area contributed by atoms with Crippen LogP contribution in [0.15, 0.2) is 36.7 Å². The van der Waals surface area contributed by atoms with E-state index in [1.54, 1.807) is 36.7 Å². The molecule has 0 bridgehead atoms. The standard InChI is InChI=1S/C14H9Cl2N3OS/c15-7-3-8(16)5-9(4-7)19-14(20)13-12(17)10-1-2-18-6-11(10)21-13/h1-6H,17H2,(H,19,20). The molecule has 2 aromatic heterocycles. The molecule has 3 rings (SSSR count). The Morgan fingerprint density at radius 1 is 1.24 bits per heavy atom. The van der Waals surface area contributed by atoms with Gasteiger partial charge in [-0.05, 0) is 24.3 Å². The molecule has 21 heavy (non-hydrogen) atoms. The predicted octanol–water partition coefficient (Wildman–Crippen LogP) is 4.44. The zero-order chi connectivity index (χ0) is 15.0. The van der Waals surface area contributed by atoms with Gasteiger partial charge in [-0.2, -0.15) is 0 Å². The molecule has 0 aliphatic heterocycles. The van der Waals surface area contributed by atoms with Gasteiger partial charge in [0.1, 0.15) is 4.88 Å². The van der Waals surface area contributed by atoms with Crippen molar-refractivity contribution in [1.29, 1.82) is 0 Å². The number of fused-ring (bicyclic) bond motifs is 1. The van der Waals surface area contributed by atoms with Gasteiger partial charge in [0.05, 0.1) is 10.4 Å². The monoisotopic (exact) mass is 337 g/mol. The van der Waals surface area contributed by atoms with E-state index in [0.717, 1.165) is 10.1 Å². The van der Waals surface area contributed by atoms with Gasteiger partial charge in [-0.1, -0.05) is 23.2 Å². The van der Waals surface area contributed by atoms with Crippen LogP contribution in [0.2, 0.25) is 10.0 Å². The number of nitrogens with one attached hydrogen (secondary N) is 1. The van der Waals surface area contributed by atoms with Crippen LogP contribution in [-0.2, 0) is 0 Å². The molecule has 4 nitrogen and oxygen atoms in total. The maximum Gasteiger partial charge on any atom is 0.267 e. The number of amides is 1. The largest absolute Gasteiger partial charge is 0.397 e. The van der Waals surface area contributed by atoms with Gasteiger partial charge >= 0.3 is 0 Å². The number of aromatic nitrogens is 1. The molecule has 3 N–H and O–H groups in total. The van der Waals surface area contributed by atoms with Crippen molar-refractivity contribution >= 4 is 61.9 Å². The fraction of sp³-hybridized carbons (Fsp3) is 0. The first-order valence-electron chi connectivity index (χ1n) is 5.94. The SMILES string of the molecule is Nc1c(C(=O)Nc2cc(Cl)cc(Cl)c2)sc2cnccc12. The van der Waals surface area contributed by atoms with Crippen LogP contribution < -0.4 is 11.1 Å². The molecule has 0 unspecified atom stereocenters. The zero-order valence-electron chi connectivity index (χ0n) is 10.6. The molecular formula is C14H9Cl2N3OS. The lowest BCUT2D eigenvalue weighted by Crippen LogP contribution is -2.11. The number of carbonyl (C=O) groups excluding carboxylic acids is 1. The van der Waals surface area contributed by atoms with Crippen LogP contribution in [0.25, 0.3) is 10.1 Å². The van der Waals surface area contributed by atoms with E-state index in [-0.39, 0.29) is 5.91 Å². The molecule has 0 radical (unpaired) electrons. The van der Waals surface area contributed by atoms with E-state index in [4.69, 9.17) is 28.9 Å². The molecule has 0 aliphatic rings. The second-order valence-electron chi connectivity index (χ2n) is 4.33. The van der Waals surface area contributed by atoms with Crippen molar-refractivity contribution in [1.82, 2.24) is 4.98 Å². The Kier molecular flexibility index (Phi) is 3.71. The quantitative estimate of drug-likeness (QED) is 0.726. The molecule has 1 aromatic carbocycles. The molecule has 0 saturated carbocycles. The molecule has 0 atom stereocenters. The molecule has 0 aliphatic carbocycles. The van der Waals surface area contributed by atoms with Gasteiger partial charge in [0.15, 0.2) is 0 Å². The van der Waals surface area contributed by atoms with E-state index in [9.17, 15) is 4.79 Å². The van der Waals surface area contributed by atoms with Gasteiger partial charge in [0.2, 0.25) is 0 Å². The summed E-state index contributed by atoms with van der Waals surface area (Å²) in [5.74, 6) is -0.299. The molecule has 0 spiro atoms. The van der Waals surface area contributed by atoms with E-state index in [1.165, 1.54) is 11.3 Å². The van der Waals surface area contributed by atoms with Crippen molar-refractivity contribution < 1.29 is 4.79 Å². The number of thiophene rings is 1. The minimum absolute atomic E-state index is 0.299. The Morgan fingerprint density at radius 2 is 1.95 bits per heavy atom. The van der Waals surface area contributed by atoms with Gasteiger partial charge in [-0.3, -0.25) is 9.78 Å². The summed E-state index contributed by atoms with van der Waals surface area (Å²) in [5.41, 5.74) is 6.99. The zero-order valence-corrected chi connectivity index (χ0v) is 12.9. The minimum atomic E-state index is -0.299. The first-order chi connectivity index (χ1) is 10.0. The highest BCUT2D eigenvalue weighted by molar-refractivity contribution is 7.21.